The Morgan fingerprint density at radius 1 is 0.455 bits per heavy atom. The average molecular weight is 439 g/mol. The van der Waals surface area contributed by atoms with Gasteiger partial charge in [-0.05, 0) is 70.5 Å². The molecule has 0 aliphatic carbocycles. The molecule has 33 heavy (non-hydrogen) atoms. The van der Waals surface area contributed by atoms with Gasteiger partial charge in [-0.2, -0.15) is 0 Å². The third-order valence-electron chi connectivity index (χ3n) is 5.86. The van der Waals surface area contributed by atoms with Crippen LogP contribution in [0.3, 0.4) is 0 Å². The highest BCUT2D eigenvalue weighted by atomic mass is 16.5. The van der Waals surface area contributed by atoms with Crippen LogP contribution in [0.4, 0.5) is 0 Å². The van der Waals surface area contributed by atoms with E-state index in [4.69, 9.17) is 14.2 Å². The van der Waals surface area contributed by atoms with Crippen LogP contribution in [0.2, 0.25) is 0 Å². The third kappa shape index (κ3) is 6.24. The van der Waals surface area contributed by atoms with Crippen LogP contribution in [0, 0.1) is 0 Å². The van der Waals surface area contributed by atoms with E-state index >= 15 is 0 Å². The molecular formula is C30H30O3. The van der Waals surface area contributed by atoms with Crippen molar-refractivity contribution in [2.75, 3.05) is 14.2 Å². The fourth-order valence-electron chi connectivity index (χ4n) is 3.94. The van der Waals surface area contributed by atoms with Crippen LogP contribution in [0.1, 0.15) is 33.4 Å². The van der Waals surface area contributed by atoms with Crippen LogP contribution in [0.15, 0.2) is 97.1 Å². The summed E-state index contributed by atoms with van der Waals surface area (Å²) in [7, 11) is 3.38. The number of methoxy groups -OCH3 is 2. The summed E-state index contributed by atoms with van der Waals surface area (Å²) in [6.45, 7) is 1.17. The van der Waals surface area contributed by atoms with Gasteiger partial charge in [0.15, 0.2) is 0 Å². The molecule has 0 atom stereocenters. The smallest absolute Gasteiger partial charge is 0.118 e. The Hall–Kier alpha value is -3.56. The van der Waals surface area contributed by atoms with Crippen molar-refractivity contribution in [3.05, 3.63) is 130 Å². The Bertz CT molecular complexity index is 1050. The van der Waals surface area contributed by atoms with Gasteiger partial charge in [0.05, 0.1) is 27.4 Å². The van der Waals surface area contributed by atoms with Crippen LogP contribution in [-0.2, 0) is 30.8 Å². The van der Waals surface area contributed by atoms with E-state index in [1.54, 1.807) is 14.2 Å². The van der Waals surface area contributed by atoms with Gasteiger partial charge in [-0.1, -0.05) is 72.8 Å². The number of ether oxygens (including phenoxy) is 3. The van der Waals surface area contributed by atoms with Crippen molar-refractivity contribution in [3.63, 3.8) is 0 Å². The summed E-state index contributed by atoms with van der Waals surface area (Å²) in [5.74, 6) is 1.76. The van der Waals surface area contributed by atoms with Gasteiger partial charge in [-0.25, -0.2) is 0 Å². The van der Waals surface area contributed by atoms with E-state index in [9.17, 15) is 0 Å². The fraction of sp³-hybridized carbons (Fsp3) is 0.200. The van der Waals surface area contributed by atoms with Gasteiger partial charge in [0.25, 0.3) is 0 Å². The highest BCUT2D eigenvalue weighted by molar-refractivity contribution is 5.36. The van der Waals surface area contributed by atoms with Crippen LogP contribution >= 0.6 is 0 Å². The maximum Gasteiger partial charge on any atom is 0.118 e. The molecule has 0 radical (unpaired) electrons. The molecule has 4 aromatic rings. The molecule has 3 nitrogen and oxygen atoms in total. The summed E-state index contributed by atoms with van der Waals surface area (Å²) in [6, 6.07) is 33.5. The zero-order valence-corrected chi connectivity index (χ0v) is 19.3. The normalized spacial score (nSPS) is 10.7. The molecule has 0 unspecified atom stereocenters. The summed E-state index contributed by atoms with van der Waals surface area (Å²) >= 11 is 0. The van der Waals surface area contributed by atoms with Crippen LogP contribution in [0.25, 0.3) is 0 Å². The van der Waals surface area contributed by atoms with Crippen molar-refractivity contribution in [2.24, 2.45) is 0 Å². The van der Waals surface area contributed by atoms with E-state index in [0.29, 0.717) is 13.2 Å². The number of benzene rings is 4. The zero-order chi connectivity index (χ0) is 22.9. The van der Waals surface area contributed by atoms with Gasteiger partial charge in [-0.15, -0.1) is 0 Å². The molecular weight excluding hydrogens is 408 g/mol. The minimum Gasteiger partial charge on any atom is -0.497 e. The maximum absolute atomic E-state index is 6.20. The lowest BCUT2D eigenvalue weighted by Crippen LogP contribution is -2.02. The van der Waals surface area contributed by atoms with Crippen molar-refractivity contribution in [1.29, 1.82) is 0 Å². The maximum atomic E-state index is 6.20. The molecule has 0 heterocycles. The first-order valence-electron chi connectivity index (χ1n) is 11.2. The van der Waals surface area contributed by atoms with E-state index in [0.717, 1.165) is 24.3 Å². The molecule has 0 saturated heterocycles. The molecule has 168 valence electrons. The predicted molar refractivity (Wildman–Crippen MR) is 133 cm³/mol. The molecule has 0 spiro atoms. The van der Waals surface area contributed by atoms with E-state index in [1.807, 2.05) is 24.3 Å². The van der Waals surface area contributed by atoms with Gasteiger partial charge in [0.2, 0.25) is 0 Å². The van der Waals surface area contributed by atoms with Gasteiger partial charge < -0.3 is 14.2 Å². The van der Waals surface area contributed by atoms with Gasteiger partial charge in [-0.3, -0.25) is 0 Å². The first-order valence-corrected chi connectivity index (χ1v) is 11.2. The molecule has 0 aliphatic rings. The Labute approximate surface area is 196 Å². The monoisotopic (exact) mass is 438 g/mol. The summed E-state index contributed by atoms with van der Waals surface area (Å²) in [4.78, 5) is 0. The van der Waals surface area contributed by atoms with Crippen molar-refractivity contribution in [1.82, 2.24) is 0 Å². The standard InChI is InChI=1S/C30H30O3/c1-31-29-15-11-23(12-16-29)19-25-7-3-5-9-27(25)21-33-22-28-10-6-4-8-26(28)20-24-13-17-30(32-2)18-14-24/h3-18H,19-22H2,1-2H3. The second-order valence-corrected chi connectivity index (χ2v) is 8.08. The Morgan fingerprint density at radius 2 is 0.818 bits per heavy atom. The van der Waals surface area contributed by atoms with Gasteiger partial charge in [0, 0.05) is 0 Å². The Kier molecular flexibility index (Phi) is 7.78. The molecule has 0 fully saturated rings. The number of hydrogen-bond acceptors (Lipinski definition) is 3. The highest BCUT2D eigenvalue weighted by Gasteiger charge is 2.07. The quantitative estimate of drug-likeness (QED) is 0.279. The molecule has 0 aliphatic heterocycles. The third-order valence-corrected chi connectivity index (χ3v) is 5.86. The minimum atomic E-state index is 0.587. The van der Waals surface area contributed by atoms with E-state index in [2.05, 4.69) is 72.8 Å². The SMILES string of the molecule is COc1ccc(Cc2ccccc2COCc2ccccc2Cc2ccc(OC)cc2)cc1. The summed E-state index contributed by atoms with van der Waals surface area (Å²) < 4.78 is 16.7. The summed E-state index contributed by atoms with van der Waals surface area (Å²) in [5.41, 5.74) is 7.53. The summed E-state index contributed by atoms with van der Waals surface area (Å²) in [6.07, 6.45) is 1.75. The van der Waals surface area contributed by atoms with Crippen molar-refractivity contribution >= 4 is 0 Å². The first-order chi connectivity index (χ1) is 16.2. The lowest BCUT2D eigenvalue weighted by molar-refractivity contribution is 0.106. The van der Waals surface area contributed by atoms with Gasteiger partial charge in [0.1, 0.15) is 11.5 Å². The molecule has 0 bridgehead atoms. The molecule has 0 saturated carbocycles. The molecule has 0 amide bonds. The van der Waals surface area contributed by atoms with E-state index in [1.165, 1.54) is 33.4 Å². The minimum absolute atomic E-state index is 0.587. The molecule has 3 heteroatoms. The highest BCUT2D eigenvalue weighted by Crippen LogP contribution is 2.21. The van der Waals surface area contributed by atoms with Crippen LogP contribution < -0.4 is 9.47 Å². The Balaban J connectivity index is 1.39. The molecule has 0 N–H and O–H groups in total. The van der Waals surface area contributed by atoms with Crippen molar-refractivity contribution < 1.29 is 14.2 Å². The topological polar surface area (TPSA) is 27.7 Å². The molecule has 4 aromatic carbocycles. The van der Waals surface area contributed by atoms with Crippen LogP contribution in [-0.4, -0.2) is 14.2 Å². The molecule has 0 aromatic heterocycles. The van der Waals surface area contributed by atoms with Crippen molar-refractivity contribution in [3.8, 4) is 11.5 Å². The van der Waals surface area contributed by atoms with Crippen molar-refractivity contribution in [2.45, 2.75) is 26.1 Å². The zero-order valence-electron chi connectivity index (χ0n) is 19.3. The number of hydrogen-bond donors (Lipinski definition) is 0. The van der Waals surface area contributed by atoms with E-state index in [-0.39, 0.29) is 0 Å². The predicted octanol–water partition coefficient (Wildman–Crippen LogP) is 6.60. The average Bonchev–Trinajstić information content (AvgIpc) is 2.87. The second-order valence-electron chi connectivity index (χ2n) is 8.08. The first kappa shape index (κ1) is 22.6. The lowest BCUT2D eigenvalue weighted by Gasteiger charge is -2.13. The summed E-state index contributed by atoms with van der Waals surface area (Å²) in [5, 5.41) is 0. The largest absolute Gasteiger partial charge is 0.497 e. The fourth-order valence-corrected chi connectivity index (χ4v) is 3.94. The Morgan fingerprint density at radius 3 is 1.18 bits per heavy atom. The van der Waals surface area contributed by atoms with E-state index < -0.39 is 0 Å². The van der Waals surface area contributed by atoms with Crippen LogP contribution in [0.5, 0.6) is 11.5 Å². The lowest BCUT2D eigenvalue weighted by atomic mass is 9.99. The molecule has 4 rings (SSSR count). The van der Waals surface area contributed by atoms with Gasteiger partial charge >= 0.3 is 0 Å². The second kappa shape index (κ2) is 11.3. The number of rotatable bonds is 10.